The summed E-state index contributed by atoms with van der Waals surface area (Å²) >= 11 is 0. The highest BCUT2D eigenvalue weighted by Gasteiger charge is 2.31. The van der Waals surface area contributed by atoms with Gasteiger partial charge < -0.3 is 15.8 Å². The van der Waals surface area contributed by atoms with Crippen molar-refractivity contribution in [1.82, 2.24) is 4.90 Å². The molecule has 1 aliphatic heterocycles. The number of hydrogen-bond donors (Lipinski definition) is 2. The molecule has 0 spiro atoms. The molecule has 0 saturated carbocycles. The van der Waals surface area contributed by atoms with Gasteiger partial charge in [0.05, 0.1) is 24.9 Å². The van der Waals surface area contributed by atoms with Gasteiger partial charge in [0.15, 0.2) is 0 Å². The first-order valence-corrected chi connectivity index (χ1v) is 8.70. The number of rotatable bonds is 6. The van der Waals surface area contributed by atoms with Crippen LogP contribution in [-0.2, 0) is 22.6 Å². The number of carbonyl (C=O) groups excluding carboxylic acids is 2. The zero-order valence-corrected chi connectivity index (χ0v) is 14.8. The van der Waals surface area contributed by atoms with Gasteiger partial charge in [-0.05, 0) is 36.6 Å². The van der Waals surface area contributed by atoms with Crippen LogP contribution in [0.4, 0.5) is 5.69 Å². The number of nitrogens with zero attached hydrogens (tertiary/aromatic N) is 1. The minimum atomic E-state index is -0.488. The average molecular weight is 353 g/mol. The fraction of sp³-hybridized carbons (Fsp3) is 0.300. The Kier molecular flexibility index (Phi) is 5.53. The molecule has 2 aromatic rings. The van der Waals surface area contributed by atoms with E-state index in [1.807, 2.05) is 54.3 Å². The second kappa shape index (κ2) is 8.01. The first-order valence-electron chi connectivity index (χ1n) is 8.70. The highest BCUT2D eigenvalue weighted by atomic mass is 16.5. The first kappa shape index (κ1) is 17.9. The number of fused-ring (bicyclic) bond motifs is 1. The molecule has 1 heterocycles. The Morgan fingerprint density at radius 1 is 1.15 bits per heavy atom. The van der Waals surface area contributed by atoms with Crippen LogP contribution in [0.1, 0.15) is 18.1 Å². The number of para-hydroxylation sites is 2. The van der Waals surface area contributed by atoms with Crippen LogP contribution in [0.25, 0.3) is 0 Å². The lowest BCUT2D eigenvalue weighted by Gasteiger charge is -2.34. The summed E-state index contributed by atoms with van der Waals surface area (Å²) in [6.45, 7) is 3.01. The Balaban J connectivity index is 1.73. The van der Waals surface area contributed by atoms with E-state index in [4.69, 9.17) is 10.5 Å². The van der Waals surface area contributed by atoms with Crippen molar-refractivity contribution in [2.45, 2.75) is 25.9 Å². The molecule has 1 atom stereocenters. The van der Waals surface area contributed by atoms with Gasteiger partial charge in [0.25, 0.3) is 0 Å². The molecule has 2 aromatic carbocycles. The Morgan fingerprint density at radius 2 is 1.85 bits per heavy atom. The first-order chi connectivity index (χ1) is 12.6. The number of benzene rings is 2. The van der Waals surface area contributed by atoms with Crippen LogP contribution in [0.3, 0.4) is 0 Å². The van der Waals surface area contributed by atoms with Crippen LogP contribution < -0.4 is 15.8 Å². The number of primary amides is 1. The maximum absolute atomic E-state index is 12.6. The monoisotopic (exact) mass is 353 g/mol. The molecule has 3 rings (SSSR count). The largest absolute Gasteiger partial charge is 0.492 e. The summed E-state index contributed by atoms with van der Waals surface area (Å²) in [5.41, 5.74) is 8.42. The van der Waals surface area contributed by atoms with Gasteiger partial charge in [-0.15, -0.1) is 0 Å². The minimum absolute atomic E-state index is 0.0857. The van der Waals surface area contributed by atoms with Crippen molar-refractivity contribution in [2.24, 2.45) is 5.73 Å². The Hall–Kier alpha value is -2.86. The molecule has 6 nitrogen and oxygen atoms in total. The van der Waals surface area contributed by atoms with E-state index in [-0.39, 0.29) is 12.5 Å². The average Bonchev–Trinajstić information content (AvgIpc) is 2.63. The lowest BCUT2D eigenvalue weighted by atomic mass is 9.93. The lowest BCUT2D eigenvalue weighted by Crippen LogP contribution is -2.50. The highest BCUT2D eigenvalue weighted by Crippen LogP contribution is 2.25. The molecule has 0 unspecified atom stereocenters. The standard InChI is InChI=1S/C20H23N3O3/c1-2-26-18-10-6-5-9-16(18)22-19(24)13-23-12-15-8-4-3-7-14(15)11-17(23)20(21)25/h3-10,17H,2,11-13H2,1H3,(H2,21,25)(H,22,24)/t17-/m0/s1. The quantitative estimate of drug-likeness (QED) is 0.831. The molecule has 26 heavy (non-hydrogen) atoms. The highest BCUT2D eigenvalue weighted by molar-refractivity contribution is 5.94. The molecule has 0 aromatic heterocycles. The maximum Gasteiger partial charge on any atom is 0.238 e. The van der Waals surface area contributed by atoms with Gasteiger partial charge >= 0.3 is 0 Å². The summed E-state index contributed by atoms with van der Waals surface area (Å²) in [6, 6.07) is 14.7. The molecule has 6 heteroatoms. The summed E-state index contributed by atoms with van der Waals surface area (Å²) in [4.78, 5) is 26.3. The number of carbonyl (C=O) groups is 2. The van der Waals surface area contributed by atoms with Crippen LogP contribution >= 0.6 is 0 Å². The van der Waals surface area contributed by atoms with Crippen molar-refractivity contribution in [1.29, 1.82) is 0 Å². The summed E-state index contributed by atoms with van der Waals surface area (Å²) in [6.07, 6.45) is 0.522. The van der Waals surface area contributed by atoms with Gasteiger partial charge in [0.2, 0.25) is 11.8 Å². The molecule has 1 aliphatic rings. The predicted molar refractivity (Wildman–Crippen MR) is 99.8 cm³/mol. The summed E-state index contributed by atoms with van der Waals surface area (Å²) in [5.74, 6) is 0.00333. The third-order valence-corrected chi connectivity index (χ3v) is 4.48. The Labute approximate surface area is 152 Å². The van der Waals surface area contributed by atoms with Crippen molar-refractivity contribution < 1.29 is 14.3 Å². The van der Waals surface area contributed by atoms with Crippen LogP contribution in [-0.4, -0.2) is 35.9 Å². The lowest BCUT2D eigenvalue weighted by molar-refractivity contribution is -0.125. The summed E-state index contributed by atoms with van der Waals surface area (Å²) in [7, 11) is 0. The van der Waals surface area contributed by atoms with Crippen molar-refractivity contribution >= 4 is 17.5 Å². The van der Waals surface area contributed by atoms with E-state index in [0.29, 0.717) is 31.0 Å². The molecule has 136 valence electrons. The van der Waals surface area contributed by atoms with Crippen LogP contribution in [0.15, 0.2) is 48.5 Å². The van der Waals surface area contributed by atoms with Crippen LogP contribution in [0.5, 0.6) is 5.75 Å². The van der Waals surface area contributed by atoms with E-state index in [9.17, 15) is 9.59 Å². The predicted octanol–water partition coefficient (Wildman–Crippen LogP) is 1.94. The smallest absolute Gasteiger partial charge is 0.238 e. The van der Waals surface area contributed by atoms with E-state index < -0.39 is 11.9 Å². The van der Waals surface area contributed by atoms with Gasteiger partial charge in [-0.1, -0.05) is 36.4 Å². The topological polar surface area (TPSA) is 84.7 Å². The van der Waals surface area contributed by atoms with Crippen LogP contribution in [0.2, 0.25) is 0 Å². The second-order valence-corrected chi connectivity index (χ2v) is 6.27. The van der Waals surface area contributed by atoms with Crippen molar-refractivity contribution in [3.63, 3.8) is 0 Å². The zero-order valence-electron chi connectivity index (χ0n) is 14.8. The third-order valence-electron chi connectivity index (χ3n) is 4.48. The van der Waals surface area contributed by atoms with Gasteiger partial charge in [-0.3, -0.25) is 14.5 Å². The zero-order chi connectivity index (χ0) is 18.5. The molecule has 0 saturated heterocycles. The van der Waals surface area contributed by atoms with E-state index in [2.05, 4.69) is 5.32 Å². The maximum atomic E-state index is 12.6. The van der Waals surface area contributed by atoms with Crippen molar-refractivity contribution in [3.05, 3.63) is 59.7 Å². The SMILES string of the molecule is CCOc1ccccc1NC(=O)CN1Cc2ccccc2C[C@H]1C(N)=O. The van der Waals surface area contributed by atoms with E-state index >= 15 is 0 Å². The molecule has 0 bridgehead atoms. The van der Waals surface area contributed by atoms with E-state index in [1.165, 1.54) is 0 Å². The van der Waals surface area contributed by atoms with Gasteiger partial charge in [0, 0.05) is 6.54 Å². The molecule has 0 fully saturated rings. The van der Waals surface area contributed by atoms with Crippen molar-refractivity contribution in [3.8, 4) is 5.75 Å². The number of anilines is 1. The molecular weight excluding hydrogens is 330 g/mol. The fourth-order valence-electron chi connectivity index (χ4n) is 3.25. The second-order valence-electron chi connectivity index (χ2n) is 6.27. The van der Waals surface area contributed by atoms with E-state index in [0.717, 1.165) is 11.1 Å². The molecular formula is C20H23N3O3. The minimum Gasteiger partial charge on any atom is -0.492 e. The Morgan fingerprint density at radius 3 is 2.58 bits per heavy atom. The molecule has 0 aliphatic carbocycles. The number of ether oxygens (including phenoxy) is 1. The molecule has 3 N–H and O–H groups in total. The van der Waals surface area contributed by atoms with Gasteiger partial charge in [0.1, 0.15) is 5.75 Å². The number of amides is 2. The van der Waals surface area contributed by atoms with Gasteiger partial charge in [-0.25, -0.2) is 0 Å². The molecule has 2 amide bonds. The van der Waals surface area contributed by atoms with Gasteiger partial charge in [-0.2, -0.15) is 0 Å². The van der Waals surface area contributed by atoms with Crippen LogP contribution in [0, 0.1) is 0 Å². The summed E-state index contributed by atoms with van der Waals surface area (Å²) < 4.78 is 5.53. The fourth-order valence-corrected chi connectivity index (χ4v) is 3.25. The Bertz CT molecular complexity index is 806. The normalized spacial score (nSPS) is 16.6. The van der Waals surface area contributed by atoms with E-state index in [1.54, 1.807) is 6.07 Å². The van der Waals surface area contributed by atoms with Crippen molar-refractivity contribution in [2.75, 3.05) is 18.5 Å². The number of nitrogens with two attached hydrogens (primary N) is 1. The number of nitrogens with one attached hydrogen (secondary N) is 1. The number of hydrogen-bond acceptors (Lipinski definition) is 4. The molecule has 0 radical (unpaired) electrons. The summed E-state index contributed by atoms with van der Waals surface area (Å²) in [5, 5.41) is 2.87. The third kappa shape index (κ3) is 4.03.